The van der Waals surface area contributed by atoms with Gasteiger partial charge in [-0.25, -0.2) is 9.97 Å². The first-order valence-electron chi connectivity index (χ1n) is 9.29. The fourth-order valence-corrected chi connectivity index (χ4v) is 3.05. The molecule has 0 spiro atoms. The number of hydrogen-bond donors (Lipinski definition) is 1. The highest BCUT2D eigenvalue weighted by atomic mass is 16.5. The van der Waals surface area contributed by atoms with Gasteiger partial charge in [0, 0.05) is 24.1 Å². The molecule has 0 fully saturated rings. The van der Waals surface area contributed by atoms with Crippen LogP contribution in [0.4, 0.5) is 5.69 Å². The molecule has 0 aliphatic rings. The van der Waals surface area contributed by atoms with Crippen molar-refractivity contribution < 1.29 is 14.1 Å². The minimum Gasteiger partial charge on any atom is -0.439 e. The first-order chi connectivity index (χ1) is 14.4. The average Bonchev–Trinajstić information content (AvgIpc) is 3.28. The molecule has 0 bridgehead atoms. The minimum absolute atomic E-state index is 0.272. The van der Waals surface area contributed by atoms with Crippen LogP contribution in [0.25, 0.3) is 5.82 Å². The summed E-state index contributed by atoms with van der Waals surface area (Å²) in [6, 6.07) is 8.75. The van der Waals surface area contributed by atoms with Crippen molar-refractivity contribution in [1.82, 2.24) is 24.7 Å². The molecule has 1 aromatic carbocycles. The second-order valence-corrected chi connectivity index (χ2v) is 6.74. The topological polar surface area (TPSA) is 108 Å². The van der Waals surface area contributed by atoms with Gasteiger partial charge in [-0.2, -0.15) is 4.98 Å². The summed E-state index contributed by atoms with van der Waals surface area (Å²) in [5.41, 5.74) is 1.61. The number of carbonyl (C=O) groups excluding carboxylic acids is 1. The van der Waals surface area contributed by atoms with Crippen molar-refractivity contribution in [3.05, 3.63) is 71.4 Å². The van der Waals surface area contributed by atoms with Crippen molar-refractivity contribution in [2.24, 2.45) is 0 Å². The van der Waals surface area contributed by atoms with Crippen LogP contribution in [0.5, 0.6) is 11.6 Å². The summed E-state index contributed by atoms with van der Waals surface area (Å²) in [5, 5.41) is 6.63. The summed E-state index contributed by atoms with van der Waals surface area (Å²) >= 11 is 0. The van der Waals surface area contributed by atoms with Gasteiger partial charge < -0.3 is 14.6 Å². The highest BCUT2D eigenvalue weighted by molar-refractivity contribution is 6.05. The van der Waals surface area contributed by atoms with E-state index >= 15 is 0 Å². The van der Waals surface area contributed by atoms with Crippen molar-refractivity contribution in [2.75, 3.05) is 5.32 Å². The Morgan fingerprint density at radius 3 is 2.50 bits per heavy atom. The van der Waals surface area contributed by atoms with Crippen LogP contribution in [0, 0.1) is 27.7 Å². The summed E-state index contributed by atoms with van der Waals surface area (Å²) in [7, 11) is 0. The summed E-state index contributed by atoms with van der Waals surface area (Å²) < 4.78 is 12.8. The third kappa shape index (κ3) is 3.90. The lowest BCUT2D eigenvalue weighted by molar-refractivity contribution is 0.102. The Morgan fingerprint density at radius 1 is 1.10 bits per heavy atom. The van der Waals surface area contributed by atoms with E-state index < -0.39 is 0 Å². The smallest absolute Gasteiger partial charge is 0.261 e. The highest BCUT2D eigenvalue weighted by Crippen LogP contribution is 2.24. The molecule has 4 aromatic rings. The first-order valence-corrected chi connectivity index (χ1v) is 9.29. The third-order valence-corrected chi connectivity index (χ3v) is 4.47. The normalized spacial score (nSPS) is 10.8. The molecule has 1 N–H and O–H groups in total. The van der Waals surface area contributed by atoms with Crippen molar-refractivity contribution in [2.45, 2.75) is 27.7 Å². The van der Waals surface area contributed by atoms with Crippen molar-refractivity contribution >= 4 is 11.6 Å². The lowest BCUT2D eigenvalue weighted by Gasteiger charge is -2.10. The number of ether oxygens (including phenoxy) is 1. The van der Waals surface area contributed by atoms with Crippen LogP contribution in [-0.4, -0.2) is 30.6 Å². The van der Waals surface area contributed by atoms with Gasteiger partial charge in [-0.15, -0.1) is 0 Å². The summed E-state index contributed by atoms with van der Waals surface area (Å²) in [5.74, 6) is 3.28. The Labute approximate surface area is 172 Å². The maximum Gasteiger partial charge on any atom is 0.261 e. The number of aromatic nitrogens is 5. The third-order valence-electron chi connectivity index (χ3n) is 4.47. The number of benzene rings is 1. The van der Waals surface area contributed by atoms with Crippen molar-refractivity contribution in [3.63, 3.8) is 0 Å². The molecule has 9 nitrogen and oxygen atoms in total. The monoisotopic (exact) mass is 404 g/mol. The van der Waals surface area contributed by atoms with Gasteiger partial charge in [0.1, 0.15) is 34.5 Å². The molecule has 4 rings (SSSR count). The first kappa shape index (κ1) is 19.3. The van der Waals surface area contributed by atoms with Gasteiger partial charge in [0.05, 0.1) is 5.69 Å². The minimum atomic E-state index is -0.272. The molecule has 3 aromatic heterocycles. The van der Waals surface area contributed by atoms with Crippen molar-refractivity contribution in [1.29, 1.82) is 0 Å². The number of hydrogen-bond acceptors (Lipinski definition) is 7. The number of nitrogens with one attached hydrogen (secondary N) is 1. The quantitative estimate of drug-likeness (QED) is 0.537. The highest BCUT2D eigenvalue weighted by Gasteiger charge is 2.17. The fourth-order valence-electron chi connectivity index (χ4n) is 3.05. The number of rotatable bonds is 5. The van der Waals surface area contributed by atoms with E-state index in [1.807, 2.05) is 17.7 Å². The molecule has 0 saturated carbocycles. The number of anilines is 1. The second kappa shape index (κ2) is 7.78. The summed E-state index contributed by atoms with van der Waals surface area (Å²) in [4.78, 5) is 25.4. The Hall–Kier alpha value is -4.01. The molecule has 1 amide bonds. The van der Waals surface area contributed by atoms with Gasteiger partial charge in [-0.3, -0.25) is 9.36 Å². The predicted octanol–water partition coefficient (Wildman–Crippen LogP) is 3.93. The molecule has 30 heavy (non-hydrogen) atoms. The van der Waals surface area contributed by atoms with Gasteiger partial charge >= 0.3 is 0 Å². The van der Waals surface area contributed by atoms with Crippen LogP contribution in [0.3, 0.4) is 0 Å². The van der Waals surface area contributed by atoms with Crippen LogP contribution in [0.15, 0.2) is 47.2 Å². The maximum atomic E-state index is 12.4. The second-order valence-electron chi connectivity index (χ2n) is 6.74. The molecule has 0 radical (unpaired) electrons. The largest absolute Gasteiger partial charge is 0.439 e. The molecule has 0 atom stereocenters. The Bertz CT molecular complexity index is 1190. The van der Waals surface area contributed by atoms with Crippen LogP contribution in [0.1, 0.15) is 33.5 Å². The SMILES string of the molecule is Cc1nc(Oc2ccc(NC(=O)c3c(C)noc3C)cc2)cc(-n2ccnc2C)n1. The van der Waals surface area contributed by atoms with Gasteiger partial charge in [0.2, 0.25) is 5.88 Å². The van der Waals surface area contributed by atoms with E-state index in [1.165, 1.54) is 0 Å². The molecular formula is C21H20N6O3. The molecule has 0 aliphatic carbocycles. The van der Waals surface area contributed by atoms with E-state index in [1.54, 1.807) is 57.3 Å². The molecular weight excluding hydrogens is 384 g/mol. The van der Waals surface area contributed by atoms with Gasteiger partial charge in [0.25, 0.3) is 5.91 Å². The Morgan fingerprint density at radius 2 is 1.87 bits per heavy atom. The van der Waals surface area contributed by atoms with Gasteiger partial charge in [-0.05, 0) is 52.0 Å². The predicted molar refractivity (Wildman–Crippen MR) is 109 cm³/mol. The van der Waals surface area contributed by atoms with E-state index in [2.05, 4.69) is 25.4 Å². The Kier molecular flexibility index (Phi) is 5.01. The number of amides is 1. The fraction of sp³-hybridized carbons (Fsp3) is 0.190. The molecule has 0 aliphatic heterocycles. The number of imidazole rings is 1. The van der Waals surface area contributed by atoms with Crippen molar-refractivity contribution in [3.8, 4) is 17.4 Å². The molecule has 9 heteroatoms. The Balaban J connectivity index is 1.50. The van der Waals surface area contributed by atoms with E-state index in [-0.39, 0.29) is 5.91 Å². The number of nitrogens with zero attached hydrogens (tertiary/aromatic N) is 5. The van der Waals surface area contributed by atoms with E-state index in [0.29, 0.717) is 46.0 Å². The number of aryl methyl sites for hydroxylation is 4. The summed E-state index contributed by atoms with van der Waals surface area (Å²) in [6.45, 7) is 7.13. The van der Waals surface area contributed by atoms with E-state index in [4.69, 9.17) is 9.26 Å². The maximum absolute atomic E-state index is 12.4. The lowest BCUT2D eigenvalue weighted by atomic mass is 10.2. The van der Waals surface area contributed by atoms with E-state index in [9.17, 15) is 4.79 Å². The van der Waals surface area contributed by atoms with Crippen LogP contribution >= 0.6 is 0 Å². The van der Waals surface area contributed by atoms with Gasteiger partial charge in [-0.1, -0.05) is 5.16 Å². The molecule has 0 saturated heterocycles. The van der Waals surface area contributed by atoms with Crippen LogP contribution < -0.4 is 10.1 Å². The lowest BCUT2D eigenvalue weighted by Crippen LogP contribution is -2.13. The number of carbonyl (C=O) groups is 1. The van der Waals surface area contributed by atoms with Crippen LogP contribution in [-0.2, 0) is 0 Å². The van der Waals surface area contributed by atoms with Crippen LogP contribution in [0.2, 0.25) is 0 Å². The van der Waals surface area contributed by atoms with E-state index in [0.717, 1.165) is 5.82 Å². The molecule has 0 unspecified atom stereocenters. The standard InChI is InChI=1S/C21H20N6O3/c1-12-20(13(2)30-26-12)21(28)25-16-5-7-17(8-6-16)29-19-11-18(23-14(3)24-19)27-10-9-22-15(27)4/h5-11H,1-4H3,(H,25,28). The van der Waals surface area contributed by atoms with Gasteiger partial charge in [0.15, 0.2) is 0 Å². The zero-order chi connectivity index (χ0) is 21.3. The molecule has 3 heterocycles. The zero-order valence-corrected chi connectivity index (χ0v) is 17.0. The summed E-state index contributed by atoms with van der Waals surface area (Å²) in [6.07, 6.45) is 3.54. The zero-order valence-electron chi connectivity index (χ0n) is 17.0. The molecule has 152 valence electrons. The average molecular weight is 404 g/mol.